The molecule has 2 heterocycles. The molecule has 0 atom stereocenters. The van der Waals surface area contributed by atoms with Crippen molar-refractivity contribution in [3.8, 4) is 0 Å². The molecule has 0 aliphatic rings. The van der Waals surface area contributed by atoms with Gasteiger partial charge in [0, 0.05) is 37.5 Å². The summed E-state index contributed by atoms with van der Waals surface area (Å²) in [6, 6.07) is 7.23. The van der Waals surface area contributed by atoms with Crippen molar-refractivity contribution in [2.75, 3.05) is 7.05 Å². The Morgan fingerprint density at radius 2 is 1.83 bits per heavy atom. The summed E-state index contributed by atoms with van der Waals surface area (Å²) >= 11 is 0. The number of hydrogen-bond donors (Lipinski definition) is 0. The highest BCUT2D eigenvalue weighted by molar-refractivity contribution is 5.94. The largest absolute Gasteiger partial charge is 0.337 e. The first kappa shape index (κ1) is 20.2. The van der Waals surface area contributed by atoms with Gasteiger partial charge in [0.25, 0.3) is 5.91 Å². The third kappa shape index (κ3) is 4.03. The highest BCUT2D eigenvalue weighted by atomic mass is 16.6. The quantitative estimate of drug-likeness (QED) is 0.471. The summed E-state index contributed by atoms with van der Waals surface area (Å²) in [4.78, 5) is 25.1. The van der Waals surface area contributed by atoms with Crippen LogP contribution in [0.4, 0.5) is 5.69 Å². The van der Waals surface area contributed by atoms with Crippen LogP contribution in [0, 0.1) is 30.9 Å². The van der Waals surface area contributed by atoms with E-state index >= 15 is 0 Å². The van der Waals surface area contributed by atoms with Gasteiger partial charge in [0.2, 0.25) is 0 Å². The van der Waals surface area contributed by atoms with Crippen LogP contribution in [-0.2, 0) is 20.1 Å². The van der Waals surface area contributed by atoms with Crippen LogP contribution in [0.3, 0.4) is 0 Å². The molecule has 0 unspecified atom stereocenters. The minimum atomic E-state index is -0.407. The molecule has 0 radical (unpaired) electrons. The zero-order chi connectivity index (χ0) is 21.3. The van der Waals surface area contributed by atoms with Gasteiger partial charge in [-0.15, -0.1) is 0 Å². The van der Waals surface area contributed by atoms with E-state index in [0.717, 1.165) is 16.8 Å². The summed E-state index contributed by atoms with van der Waals surface area (Å²) in [5, 5.41) is 19.6. The topological polar surface area (TPSA) is 99.1 Å². The van der Waals surface area contributed by atoms with Crippen molar-refractivity contribution >= 4 is 11.6 Å². The molecule has 9 nitrogen and oxygen atoms in total. The number of rotatable bonds is 6. The Kier molecular flexibility index (Phi) is 5.49. The lowest BCUT2D eigenvalue weighted by atomic mass is 10.1. The van der Waals surface area contributed by atoms with E-state index in [4.69, 9.17) is 0 Å². The number of aromatic nitrogens is 4. The number of nitro groups is 1. The molecule has 0 aliphatic carbocycles. The van der Waals surface area contributed by atoms with Gasteiger partial charge in [-0.1, -0.05) is 12.1 Å². The van der Waals surface area contributed by atoms with Crippen molar-refractivity contribution < 1.29 is 9.72 Å². The Morgan fingerprint density at radius 1 is 1.17 bits per heavy atom. The molecule has 29 heavy (non-hydrogen) atoms. The molecule has 152 valence electrons. The number of carbonyl (C=O) groups is 1. The van der Waals surface area contributed by atoms with E-state index in [1.54, 1.807) is 53.5 Å². The van der Waals surface area contributed by atoms with Crippen molar-refractivity contribution in [2.24, 2.45) is 7.05 Å². The van der Waals surface area contributed by atoms with E-state index in [0.29, 0.717) is 30.0 Å². The first-order chi connectivity index (χ1) is 13.7. The minimum Gasteiger partial charge on any atom is -0.337 e. The first-order valence-corrected chi connectivity index (χ1v) is 9.19. The standard InChI is InChI=1S/C20H24N6O3/c1-13-19(26(28)29)15(3)25(22-13)11-16-6-8-17(9-7-16)20(27)23(4)12-18-10-21-24(5)14(18)2/h6-10H,11-12H2,1-5H3. The molecule has 3 aromatic rings. The van der Waals surface area contributed by atoms with E-state index < -0.39 is 4.92 Å². The lowest BCUT2D eigenvalue weighted by Crippen LogP contribution is -2.26. The molecule has 3 rings (SSSR count). The molecule has 0 N–H and O–H groups in total. The molecule has 0 aliphatic heterocycles. The summed E-state index contributed by atoms with van der Waals surface area (Å²) in [5.41, 5.74) is 4.48. The number of nitrogens with zero attached hydrogens (tertiary/aromatic N) is 6. The lowest BCUT2D eigenvalue weighted by Gasteiger charge is -2.17. The van der Waals surface area contributed by atoms with Crippen LogP contribution in [0.1, 0.15) is 38.6 Å². The molecule has 0 fully saturated rings. The fraction of sp³-hybridized carbons (Fsp3) is 0.350. The highest BCUT2D eigenvalue weighted by Crippen LogP contribution is 2.22. The Bertz CT molecular complexity index is 1060. The van der Waals surface area contributed by atoms with Crippen LogP contribution in [0.25, 0.3) is 0 Å². The van der Waals surface area contributed by atoms with Crippen LogP contribution >= 0.6 is 0 Å². The summed E-state index contributed by atoms with van der Waals surface area (Å²) in [5.74, 6) is -0.0819. The van der Waals surface area contributed by atoms with Gasteiger partial charge in [0.15, 0.2) is 0 Å². The fourth-order valence-corrected chi connectivity index (χ4v) is 3.28. The zero-order valence-corrected chi connectivity index (χ0v) is 17.2. The second-order valence-electron chi connectivity index (χ2n) is 7.17. The van der Waals surface area contributed by atoms with Gasteiger partial charge in [-0.05, 0) is 38.5 Å². The Morgan fingerprint density at radius 3 is 2.34 bits per heavy atom. The molecule has 2 aromatic heterocycles. The summed E-state index contributed by atoms with van der Waals surface area (Å²) in [7, 11) is 3.63. The molecule has 1 amide bonds. The normalized spacial score (nSPS) is 10.9. The maximum atomic E-state index is 12.7. The summed E-state index contributed by atoms with van der Waals surface area (Å²) < 4.78 is 3.40. The molecule has 9 heteroatoms. The van der Waals surface area contributed by atoms with Gasteiger partial charge >= 0.3 is 5.69 Å². The van der Waals surface area contributed by atoms with E-state index in [-0.39, 0.29) is 11.6 Å². The molecule has 0 spiro atoms. The predicted molar refractivity (Wildman–Crippen MR) is 108 cm³/mol. The molecule has 0 bridgehead atoms. The molecule has 0 saturated heterocycles. The van der Waals surface area contributed by atoms with E-state index in [1.165, 1.54) is 0 Å². The molecular weight excluding hydrogens is 372 g/mol. The monoisotopic (exact) mass is 396 g/mol. The number of carbonyl (C=O) groups excluding carboxylic acids is 1. The maximum Gasteiger partial charge on any atom is 0.312 e. The number of amides is 1. The van der Waals surface area contributed by atoms with Gasteiger partial charge in [0.1, 0.15) is 11.4 Å². The Hall–Kier alpha value is -3.49. The van der Waals surface area contributed by atoms with Gasteiger partial charge in [-0.3, -0.25) is 24.3 Å². The van der Waals surface area contributed by atoms with Crippen molar-refractivity contribution in [1.29, 1.82) is 0 Å². The van der Waals surface area contributed by atoms with Crippen molar-refractivity contribution in [3.05, 3.63) is 74.3 Å². The SMILES string of the molecule is Cc1nn(Cc2ccc(C(=O)N(C)Cc3cnn(C)c3C)cc2)c(C)c1[N+](=O)[O-]. The highest BCUT2D eigenvalue weighted by Gasteiger charge is 2.22. The Balaban J connectivity index is 1.71. The predicted octanol–water partition coefficient (Wildman–Crippen LogP) is 2.77. The van der Waals surface area contributed by atoms with E-state index in [1.807, 2.05) is 26.1 Å². The molecular formula is C20H24N6O3. The average Bonchev–Trinajstić information content (AvgIpc) is 3.14. The van der Waals surface area contributed by atoms with Gasteiger partial charge < -0.3 is 4.90 Å². The third-order valence-electron chi connectivity index (χ3n) is 5.15. The van der Waals surface area contributed by atoms with E-state index in [2.05, 4.69) is 10.2 Å². The van der Waals surface area contributed by atoms with Crippen LogP contribution in [-0.4, -0.2) is 42.3 Å². The fourth-order valence-electron chi connectivity index (χ4n) is 3.28. The van der Waals surface area contributed by atoms with Crippen LogP contribution in [0.2, 0.25) is 0 Å². The number of aryl methyl sites for hydroxylation is 2. The number of hydrogen-bond acceptors (Lipinski definition) is 5. The smallest absolute Gasteiger partial charge is 0.312 e. The number of benzene rings is 1. The van der Waals surface area contributed by atoms with Crippen molar-refractivity contribution in [3.63, 3.8) is 0 Å². The summed E-state index contributed by atoms with van der Waals surface area (Å²) in [6.07, 6.45) is 1.77. The lowest BCUT2D eigenvalue weighted by molar-refractivity contribution is -0.386. The molecule has 1 aromatic carbocycles. The van der Waals surface area contributed by atoms with E-state index in [9.17, 15) is 14.9 Å². The van der Waals surface area contributed by atoms with Crippen LogP contribution < -0.4 is 0 Å². The van der Waals surface area contributed by atoms with Gasteiger partial charge in [0.05, 0.1) is 17.7 Å². The Labute approximate surface area is 168 Å². The average molecular weight is 396 g/mol. The van der Waals surface area contributed by atoms with Crippen molar-refractivity contribution in [2.45, 2.75) is 33.9 Å². The third-order valence-corrected chi connectivity index (χ3v) is 5.15. The maximum absolute atomic E-state index is 12.7. The summed E-state index contributed by atoms with van der Waals surface area (Å²) in [6.45, 7) is 6.17. The molecule has 0 saturated carbocycles. The van der Waals surface area contributed by atoms with Gasteiger partial charge in [-0.2, -0.15) is 10.2 Å². The zero-order valence-electron chi connectivity index (χ0n) is 17.2. The van der Waals surface area contributed by atoms with Crippen molar-refractivity contribution in [1.82, 2.24) is 24.5 Å². The second kappa shape index (κ2) is 7.86. The minimum absolute atomic E-state index is 0.0455. The second-order valence-corrected chi connectivity index (χ2v) is 7.17. The van der Waals surface area contributed by atoms with Crippen LogP contribution in [0.5, 0.6) is 0 Å². The van der Waals surface area contributed by atoms with Gasteiger partial charge in [-0.25, -0.2) is 0 Å². The first-order valence-electron chi connectivity index (χ1n) is 9.19. The van der Waals surface area contributed by atoms with Crippen LogP contribution in [0.15, 0.2) is 30.5 Å².